The summed E-state index contributed by atoms with van der Waals surface area (Å²) in [4.78, 5) is 14.7. The fourth-order valence-electron chi connectivity index (χ4n) is 14.0. The van der Waals surface area contributed by atoms with Crippen LogP contribution in [0.5, 0.6) is 0 Å². The lowest BCUT2D eigenvalue weighted by atomic mass is 9.41. The predicted octanol–water partition coefficient (Wildman–Crippen LogP) is -4.45. The molecule has 5 saturated carbocycles. The average molecular weight is 965 g/mol. The van der Waals surface area contributed by atoms with Gasteiger partial charge in [0.2, 0.25) is 6.29 Å². The van der Waals surface area contributed by atoms with Gasteiger partial charge in [0.25, 0.3) is 0 Å². The maximum atomic E-state index is 14.7. The highest BCUT2D eigenvalue weighted by molar-refractivity contribution is 5.77. The second-order valence-corrected chi connectivity index (χ2v) is 21.3. The van der Waals surface area contributed by atoms with E-state index < -0.39 is 171 Å². The SMILES string of the molecule is C=C1C[C@@]23CCC4[C@](C)(C(=O)OC5OC(CO)C(O)C(O)C5OC5OC(CO)C(O)C(O)C5O)CCC[C@@]4(C)[C@@H]2CCC1(OC1OC(CO)C(O)C(OC2CC(CO)C(O)C(O)C2O)C1O)C3. The molecule has 22 nitrogen and oxygen atoms in total. The zero-order valence-electron chi connectivity index (χ0n) is 37.8. The summed E-state index contributed by atoms with van der Waals surface area (Å²) in [6.07, 6.45) is -25.3. The molecule has 1 spiro atoms. The van der Waals surface area contributed by atoms with Gasteiger partial charge >= 0.3 is 5.97 Å². The second kappa shape index (κ2) is 19.4. The largest absolute Gasteiger partial charge is 0.432 e. The topological polar surface area (TPSA) is 365 Å². The van der Waals surface area contributed by atoms with Crippen molar-refractivity contribution in [1.82, 2.24) is 0 Å². The van der Waals surface area contributed by atoms with E-state index in [4.69, 9.17) is 33.2 Å². The Bertz CT molecular complexity index is 1760. The smallest absolute Gasteiger partial charge is 0.314 e. The number of hydrogen-bond acceptors (Lipinski definition) is 22. The van der Waals surface area contributed by atoms with Crippen molar-refractivity contribution in [2.24, 2.45) is 34.0 Å². The van der Waals surface area contributed by atoms with Crippen LogP contribution < -0.4 is 0 Å². The Kier molecular flexibility index (Phi) is 15.0. The molecule has 26 atom stereocenters. The number of fused-ring (bicyclic) bond motifs is 3. The minimum Gasteiger partial charge on any atom is -0.432 e. The normalized spacial score (nSPS) is 54.5. The minimum atomic E-state index is -1.89. The molecule has 8 fully saturated rings. The molecule has 67 heavy (non-hydrogen) atoms. The van der Waals surface area contributed by atoms with Crippen LogP contribution in [-0.4, -0.2) is 226 Å². The van der Waals surface area contributed by atoms with Gasteiger partial charge in [0.15, 0.2) is 18.7 Å². The van der Waals surface area contributed by atoms with Crippen LogP contribution in [0.1, 0.15) is 78.1 Å². The summed E-state index contributed by atoms with van der Waals surface area (Å²) >= 11 is 0. The lowest BCUT2D eigenvalue weighted by molar-refractivity contribution is -0.363. The number of hydrogen-bond donors (Lipinski definition) is 14. The van der Waals surface area contributed by atoms with Crippen molar-refractivity contribution < 1.29 is 109 Å². The van der Waals surface area contributed by atoms with Crippen molar-refractivity contribution in [2.75, 3.05) is 26.4 Å². The van der Waals surface area contributed by atoms with E-state index in [2.05, 4.69) is 13.5 Å². The molecule has 22 heteroatoms. The van der Waals surface area contributed by atoms with Gasteiger partial charge in [0.05, 0.1) is 43.0 Å². The highest BCUT2D eigenvalue weighted by Gasteiger charge is 2.69. The zero-order chi connectivity index (χ0) is 48.7. The molecule has 0 aromatic heterocycles. The third-order valence-corrected chi connectivity index (χ3v) is 17.6. The van der Waals surface area contributed by atoms with Gasteiger partial charge in [-0.05, 0) is 93.0 Å². The van der Waals surface area contributed by atoms with Crippen molar-refractivity contribution in [3.05, 3.63) is 12.2 Å². The zero-order valence-corrected chi connectivity index (χ0v) is 37.8. The molecule has 8 aliphatic rings. The standard InChI is InChI=1S/C45H72O22/c1-18-12-44-9-5-24-42(2,7-4-8-43(24,3)41(60)66-40-37(33(57)29(53)22(15-48)64-40)65-38-34(58)32(56)28(52)21(14-47)62-38)25(44)6-10-45(18,17-44)67-39-35(59)36(30(54)23(16-49)63-39)61-20-11-19(13-46)26(50)31(55)27(20)51/h19-40,46-59H,1,4-17H2,2-3H3/t19?,20?,21?,22?,23?,24?,25-,26?,27?,28?,29?,30?,31?,32?,33?,34?,35?,36?,37?,38?,39?,40?,42+,43+,44+,45?/m0/s1. The Hall–Kier alpha value is -1.59. The van der Waals surface area contributed by atoms with Crippen LogP contribution in [0.4, 0.5) is 0 Å². The number of aliphatic hydroxyl groups excluding tert-OH is 14. The molecule has 2 bridgehead atoms. The first-order chi connectivity index (χ1) is 31.6. The van der Waals surface area contributed by atoms with E-state index in [1.54, 1.807) is 0 Å². The van der Waals surface area contributed by atoms with Gasteiger partial charge in [0.1, 0.15) is 79.4 Å². The summed E-state index contributed by atoms with van der Waals surface area (Å²) < 4.78 is 42.0. The highest BCUT2D eigenvalue weighted by Crippen LogP contribution is 2.73. The van der Waals surface area contributed by atoms with Gasteiger partial charge in [-0.25, -0.2) is 0 Å². The summed E-state index contributed by atoms with van der Waals surface area (Å²) in [7, 11) is 0. The van der Waals surface area contributed by atoms with Gasteiger partial charge < -0.3 is 105 Å². The molecule has 3 heterocycles. The Labute approximate surface area is 387 Å². The van der Waals surface area contributed by atoms with E-state index in [1.807, 2.05) is 6.92 Å². The molecule has 3 saturated heterocycles. The van der Waals surface area contributed by atoms with Crippen molar-refractivity contribution in [1.29, 1.82) is 0 Å². The molecule has 0 aromatic rings. The predicted molar refractivity (Wildman–Crippen MR) is 222 cm³/mol. The number of aliphatic hydroxyl groups is 14. The van der Waals surface area contributed by atoms with Gasteiger partial charge in [-0.2, -0.15) is 0 Å². The maximum Gasteiger partial charge on any atom is 0.314 e. The highest BCUT2D eigenvalue weighted by atomic mass is 16.8. The Balaban J connectivity index is 0.985. The fraction of sp³-hybridized carbons (Fsp3) is 0.933. The molecule has 22 unspecified atom stereocenters. The van der Waals surface area contributed by atoms with Crippen molar-refractivity contribution >= 4 is 5.97 Å². The summed E-state index contributed by atoms with van der Waals surface area (Å²) in [5, 5.41) is 148. The van der Waals surface area contributed by atoms with E-state index in [0.717, 1.165) is 12.0 Å². The van der Waals surface area contributed by atoms with Crippen LogP contribution in [0.2, 0.25) is 0 Å². The first-order valence-electron chi connectivity index (χ1n) is 23.7. The molecular weight excluding hydrogens is 892 g/mol. The Morgan fingerprint density at radius 1 is 0.612 bits per heavy atom. The molecule has 0 radical (unpaired) electrons. The fourth-order valence-corrected chi connectivity index (χ4v) is 14.0. The Morgan fingerprint density at radius 2 is 1.21 bits per heavy atom. The van der Waals surface area contributed by atoms with Crippen LogP contribution in [0, 0.1) is 34.0 Å². The van der Waals surface area contributed by atoms with Crippen LogP contribution in [0.15, 0.2) is 12.2 Å². The number of rotatable bonds is 12. The molecule has 3 aliphatic heterocycles. The number of carbonyl (C=O) groups is 1. The third-order valence-electron chi connectivity index (χ3n) is 17.6. The molecule has 5 aliphatic carbocycles. The van der Waals surface area contributed by atoms with Gasteiger partial charge in [-0.3, -0.25) is 4.79 Å². The van der Waals surface area contributed by atoms with E-state index in [-0.39, 0.29) is 23.7 Å². The van der Waals surface area contributed by atoms with E-state index in [9.17, 15) is 76.3 Å². The van der Waals surface area contributed by atoms with E-state index in [0.29, 0.717) is 51.4 Å². The summed E-state index contributed by atoms with van der Waals surface area (Å²) in [6.45, 7) is 5.77. The second-order valence-electron chi connectivity index (χ2n) is 21.3. The molecule has 384 valence electrons. The lowest BCUT2D eigenvalue weighted by Gasteiger charge is -2.64. The first kappa shape index (κ1) is 51.8. The molecule has 0 amide bonds. The average Bonchev–Trinajstić information content (AvgIpc) is 3.50. The van der Waals surface area contributed by atoms with Crippen LogP contribution >= 0.6 is 0 Å². The number of carbonyl (C=O) groups excluding carboxylic acids is 1. The summed E-state index contributed by atoms with van der Waals surface area (Å²) in [5.41, 5.74) is -2.11. The third kappa shape index (κ3) is 8.64. The van der Waals surface area contributed by atoms with Crippen LogP contribution in [0.3, 0.4) is 0 Å². The van der Waals surface area contributed by atoms with Crippen molar-refractivity contribution in [3.63, 3.8) is 0 Å². The first-order valence-corrected chi connectivity index (χ1v) is 23.7. The number of ether oxygens (including phenoxy) is 7. The molecular formula is C45H72O22. The summed E-state index contributed by atoms with van der Waals surface area (Å²) in [5.74, 6) is -1.72. The van der Waals surface area contributed by atoms with Crippen LogP contribution in [-0.2, 0) is 38.0 Å². The van der Waals surface area contributed by atoms with Crippen LogP contribution in [0.25, 0.3) is 0 Å². The van der Waals surface area contributed by atoms with Crippen molar-refractivity contribution in [2.45, 2.75) is 200 Å². The van der Waals surface area contributed by atoms with Gasteiger partial charge in [0, 0.05) is 12.5 Å². The quantitative estimate of drug-likeness (QED) is 0.0498. The Morgan fingerprint density at radius 3 is 1.87 bits per heavy atom. The molecule has 14 N–H and O–H groups in total. The molecule has 0 aromatic carbocycles. The molecule has 8 rings (SSSR count). The van der Waals surface area contributed by atoms with E-state index in [1.165, 1.54) is 0 Å². The lowest BCUT2D eigenvalue weighted by Crippen LogP contribution is -2.65. The minimum absolute atomic E-state index is 0.0559. The maximum absolute atomic E-state index is 14.7. The van der Waals surface area contributed by atoms with Gasteiger partial charge in [-0.15, -0.1) is 0 Å². The number of esters is 1. The monoisotopic (exact) mass is 964 g/mol. The van der Waals surface area contributed by atoms with Gasteiger partial charge in [-0.1, -0.05) is 19.9 Å². The van der Waals surface area contributed by atoms with E-state index >= 15 is 0 Å². The summed E-state index contributed by atoms with van der Waals surface area (Å²) in [6, 6.07) is 0. The van der Waals surface area contributed by atoms with Crippen molar-refractivity contribution in [3.8, 4) is 0 Å².